The van der Waals surface area contributed by atoms with E-state index in [0.717, 1.165) is 25.2 Å². The van der Waals surface area contributed by atoms with Crippen molar-refractivity contribution in [3.8, 4) is 0 Å². The van der Waals surface area contributed by atoms with Gasteiger partial charge in [0, 0.05) is 25.5 Å². The molecule has 0 unspecified atom stereocenters. The van der Waals surface area contributed by atoms with E-state index in [4.69, 9.17) is 0 Å². The zero-order valence-electron chi connectivity index (χ0n) is 9.24. The molecule has 3 nitrogen and oxygen atoms in total. The third-order valence-corrected chi connectivity index (χ3v) is 3.52. The number of hydrogen-bond acceptors (Lipinski definition) is 2. The minimum Gasteiger partial charge on any atom is -0.384 e. The lowest BCUT2D eigenvalue weighted by Crippen LogP contribution is -2.07. The Kier molecular flexibility index (Phi) is 4.36. The Labute approximate surface area is 113 Å². The van der Waals surface area contributed by atoms with Gasteiger partial charge < -0.3 is 9.88 Å². The molecule has 0 radical (unpaired) electrons. The van der Waals surface area contributed by atoms with E-state index in [2.05, 4.69) is 10.3 Å². The number of nitrogens with zero attached hydrogens (tertiary/aromatic N) is 2. The lowest BCUT2D eigenvalue weighted by Gasteiger charge is -2.09. The topological polar surface area (TPSA) is 29.9 Å². The highest BCUT2D eigenvalue weighted by Gasteiger charge is 2.03. The largest absolute Gasteiger partial charge is 0.384 e. The monoisotopic (exact) mass is 345 g/mol. The highest BCUT2D eigenvalue weighted by atomic mass is 127. The van der Waals surface area contributed by atoms with E-state index in [-0.39, 0.29) is 5.82 Å². The van der Waals surface area contributed by atoms with Crippen molar-refractivity contribution in [2.24, 2.45) is 0 Å². The average Bonchev–Trinajstić information content (AvgIpc) is 2.83. The number of benzene rings is 1. The first-order chi connectivity index (χ1) is 8.27. The third-order valence-electron chi connectivity index (χ3n) is 2.42. The number of nitrogens with one attached hydrogen (secondary N) is 1. The lowest BCUT2D eigenvalue weighted by atomic mass is 10.3. The number of aromatic nitrogens is 2. The van der Waals surface area contributed by atoms with Crippen molar-refractivity contribution >= 4 is 28.3 Å². The fourth-order valence-electron chi connectivity index (χ4n) is 1.54. The van der Waals surface area contributed by atoms with E-state index in [1.807, 2.05) is 39.4 Å². The molecular formula is C12H13FIN3. The van der Waals surface area contributed by atoms with E-state index in [1.54, 1.807) is 18.6 Å². The molecule has 0 bridgehead atoms. The van der Waals surface area contributed by atoms with Crippen molar-refractivity contribution in [2.75, 3.05) is 11.9 Å². The van der Waals surface area contributed by atoms with Crippen LogP contribution in [0.5, 0.6) is 0 Å². The molecule has 2 aromatic rings. The Bertz CT molecular complexity index is 471. The molecule has 0 aliphatic carbocycles. The van der Waals surface area contributed by atoms with Crippen LogP contribution in [0.25, 0.3) is 0 Å². The summed E-state index contributed by atoms with van der Waals surface area (Å²) in [5, 5.41) is 3.23. The maximum Gasteiger partial charge on any atom is 0.138 e. The van der Waals surface area contributed by atoms with Crippen molar-refractivity contribution in [1.29, 1.82) is 0 Å². The number of aryl methyl sites for hydroxylation is 1. The molecule has 1 aromatic carbocycles. The fraction of sp³-hybridized carbons (Fsp3) is 0.250. The molecule has 2 rings (SSSR count). The molecule has 5 heteroatoms. The normalized spacial score (nSPS) is 10.5. The summed E-state index contributed by atoms with van der Waals surface area (Å²) >= 11 is 2.01. The second kappa shape index (κ2) is 6.00. The van der Waals surface area contributed by atoms with Gasteiger partial charge in [0.1, 0.15) is 5.82 Å². The van der Waals surface area contributed by atoms with Crippen LogP contribution in [0.15, 0.2) is 36.9 Å². The van der Waals surface area contributed by atoms with Gasteiger partial charge in [0.2, 0.25) is 0 Å². The second-order valence-electron chi connectivity index (χ2n) is 3.68. The zero-order valence-corrected chi connectivity index (χ0v) is 11.4. The van der Waals surface area contributed by atoms with Gasteiger partial charge in [-0.15, -0.1) is 0 Å². The van der Waals surface area contributed by atoms with Crippen molar-refractivity contribution in [3.63, 3.8) is 0 Å². The van der Waals surface area contributed by atoms with E-state index in [0.29, 0.717) is 3.57 Å². The summed E-state index contributed by atoms with van der Waals surface area (Å²) < 4.78 is 15.9. The molecule has 1 N–H and O–H groups in total. The number of hydrogen-bond donors (Lipinski definition) is 1. The highest BCUT2D eigenvalue weighted by molar-refractivity contribution is 14.1. The summed E-state index contributed by atoms with van der Waals surface area (Å²) in [6.45, 7) is 1.73. The Balaban J connectivity index is 1.80. The number of rotatable bonds is 5. The molecule has 17 heavy (non-hydrogen) atoms. The van der Waals surface area contributed by atoms with Gasteiger partial charge in [0.05, 0.1) is 15.6 Å². The Hall–Kier alpha value is -1.11. The van der Waals surface area contributed by atoms with Crippen molar-refractivity contribution < 1.29 is 4.39 Å². The van der Waals surface area contributed by atoms with E-state index < -0.39 is 0 Å². The molecule has 0 amide bonds. The predicted molar refractivity (Wildman–Crippen MR) is 74.5 cm³/mol. The minimum absolute atomic E-state index is 0.176. The number of anilines is 1. The van der Waals surface area contributed by atoms with Gasteiger partial charge in [-0.25, -0.2) is 9.37 Å². The van der Waals surface area contributed by atoms with Gasteiger partial charge in [-0.1, -0.05) is 6.07 Å². The zero-order chi connectivity index (χ0) is 12.1. The molecule has 0 atom stereocenters. The molecule has 0 fully saturated rings. The predicted octanol–water partition coefficient (Wildman–Crippen LogP) is 3.13. The standard InChI is InChI=1S/C12H13FIN3/c13-10-3-1-4-11(12(10)14)16-5-2-7-17-8-6-15-9-17/h1,3-4,6,8-9,16H,2,5,7H2. The van der Waals surface area contributed by atoms with Gasteiger partial charge in [0.25, 0.3) is 0 Å². The highest BCUT2D eigenvalue weighted by Crippen LogP contribution is 2.20. The van der Waals surface area contributed by atoms with Crippen LogP contribution < -0.4 is 5.32 Å². The second-order valence-corrected chi connectivity index (χ2v) is 4.76. The quantitative estimate of drug-likeness (QED) is 0.667. The molecule has 1 heterocycles. The van der Waals surface area contributed by atoms with Crippen LogP contribution in [0.3, 0.4) is 0 Å². The first-order valence-electron chi connectivity index (χ1n) is 5.41. The number of halogens is 2. The van der Waals surface area contributed by atoms with Crippen LogP contribution in [0, 0.1) is 9.39 Å². The summed E-state index contributed by atoms with van der Waals surface area (Å²) in [5.41, 5.74) is 0.858. The maximum atomic E-state index is 13.3. The van der Waals surface area contributed by atoms with Crippen molar-refractivity contribution in [2.45, 2.75) is 13.0 Å². The van der Waals surface area contributed by atoms with Gasteiger partial charge in [-0.2, -0.15) is 0 Å². The van der Waals surface area contributed by atoms with E-state index in [9.17, 15) is 4.39 Å². The fourth-order valence-corrected chi connectivity index (χ4v) is 2.09. The summed E-state index contributed by atoms with van der Waals surface area (Å²) in [6, 6.07) is 5.08. The summed E-state index contributed by atoms with van der Waals surface area (Å²) in [4.78, 5) is 3.98. The van der Waals surface area contributed by atoms with Gasteiger partial charge in [-0.3, -0.25) is 0 Å². The molecule has 0 saturated carbocycles. The molecule has 90 valence electrons. The van der Waals surface area contributed by atoms with Crippen molar-refractivity contribution in [1.82, 2.24) is 9.55 Å². The Morgan fingerprint density at radius 3 is 3.06 bits per heavy atom. The van der Waals surface area contributed by atoms with E-state index in [1.165, 1.54) is 6.07 Å². The summed E-state index contributed by atoms with van der Waals surface area (Å²) in [7, 11) is 0. The molecule has 0 aliphatic heterocycles. The molecule has 1 aromatic heterocycles. The van der Waals surface area contributed by atoms with Crippen LogP contribution >= 0.6 is 22.6 Å². The molecular weight excluding hydrogens is 332 g/mol. The van der Waals surface area contributed by atoms with Gasteiger partial charge >= 0.3 is 0 Å². The van der Waals surface area contributed by atoms with Gasteiger partial charge in [-0.05, 0) is 41.1 Å². The molecule has 0 saturated heterocycles. The first-order valence-corrected chi connectivity index (χ1v) is 6.49. The average molecular weight is 345 g/mol. The SMILES string of the molecule is Fc1cccc(NCCCn2ccnc2)c1I. The molecule has 0 spiro atoms. The van der Waals surface area contributed by atoms with Crippen LogP contribution in [0.1, 0.15) is 6.42 Å². The first kappa shape index (κ1) is 12.3. The van der Waals surface area contributed by atoms with Crippen LogP contribution in [0.2, 0.25) is 0 Å². The third kappa shape index (κ3) is 3.42. The lowest BCUT2D eigenvalue weighted by molar-refractivity contribution is 0.620. The summed E-state index contributed by atoms with van der Waals surface area (Å²) in [6.07, 6.45) is 6.48. The Morgan fingerprint density at radius 2 is 2.29 bits per heavy atom. The van der Waals surface area contributed by atoms with Crippen LogP contribution in [-0.2, 0) is 6.54 Å². The smallest absolute Gasteiger partial charge is 0.138 e. The minimum atomic E-state index is -0.176. The maximum absolute atomic E-state index is 13.3. The Morgan fingerprint density at radius 1 is 1.41 bits per heavy atom. The van der Waals surface area contributed by atoms with Crippen molar-refractivity contribution in [3.05, 3.63) is 46.3 Å². The van der Waals surface area contributed by atoms with Crippen LogP contribution in [0.4, 0.5) is 10.1 Å². The number of imidazole rings is 1. The summed E-state index contributed by atoms with van der Waals surface area (Å²) in [5.74, 6) is -0.176. The van der Waals surface area contributed by atoms with Crippen LogP contribution in [-0.4, -0.2) is 16.1 Å². The van der Waals surface area contributed by atoms with Gasteiger partial charge in [0.15, 0.2) is 0 Å². The van der Waals surface area contributed by atoms with E-state index >= 15 is 0 Å². The molecule has 0 aliphatic rings.